The average Bonchev–Trinajstić information content (AvgIpc) is 2.74. The van der Waals surface area contributed by atoms with Crippen molar-refractivity contribution in [1.29, 1.82) is 0 Å². The van der Waals surface area contributed by atoms with Crippen LogP contribution in [0.5, 0.6) is 0 Å². The summed E-state index contributed by atoms with van der Waals surface area (Å²) < 4.78 is 38.7. The van der Waals surface area contributed by atoms with Gasteiger partial charge in [0.15, 0.2) is 23.3 Å². The zero-order valence-electron chi connectivity index (χ0n) is 8.84. The molecule has 90 valence electrons. The lowest BCUT2D eigenvalue weighted by Crippen LogP contribution is -2.06. The second kappa shape index (κ2) is 4.17. The molecule has 1 atom stereocenters. The second-order valence-electron chi connectivity index (χ2n) is 3.59. The largest absolute Gasteiger partial charge is 0.322 e. The van der Waals surface area contributed by atoms with E-state index in [1.807, 2.05) is 0 Å². The molecule has 0 saturated heterocycles. The van der Waals surface area contributed by atoms with Crippen LogP contribution in [0.1, 0.15) is 18.8 Å². The van der Waals surface area contributed by atoms with Crippen LogP contribution in [0.15, 0.2) is 12.1 Å². The highest BCUT2D eigenvalue weighted by molar-refractivity contribution is 5.54. The van der Waals surface area contributed by atoms with E-state index in [-0.39, 0.29) is 17.4 Å². The molecule has 4 nitrogen and oxygen atoms in total. The molecule has 0 bridgehead atoms. The van der Waals surface area contributed by atoms with Crippen LogP contribution < -0.4 is 5.73 Å². The Kier molecular flexibility index (Phi) is 2.84. The van der Waals surface area contributed by atoms with Gasteiger partial charge in [0, 0.05) is 5.56 Å². The summed E-state index contributed by atoms with van der Waals surface area (Å²) in [6, 6.07) is 1.27. The molecule has 0 amide bonds. The number of aromatic nitrogens is 3. The smallest absolute Gasteiger partial charge is 0.194 e. The standard InChI is InChI=1S/C10H9F3N4/c1-4(14)9-15-10(17-16-9)5-2-6(11)8(13)7(12)3-5/h2-4H,14H2,1H3,(H,15,16,17). The molecule has 2 rings (SSSR count). The molecule has 1 unspecified atom stereocenters. The van der Waals surface area contributed by atoms with E-state index in [1.54, 1.807) is 6.92 Å². The van der Waals surface area contributed by atoms with Gasteiger partial charge in [-0.3, -0.25) is 5.10 Å². The Bertz CT molecular complexity index is 527. The summed E-state index contributed by atoms with van der Waals surface area (Å²) in [4.78, 5) is 3.94. The molecule has 17 heavy (non-hydrogen) atoms. The fourth-order valence-corrected chi connectivity index (χ4v) is 1.29. The third-order valence-electron chi connectivity index (χ3n) is 2.18. The fourth-order valence-electron chi connectivity index (χ4n) is 1.29. The maximum Gasteiger partial charge on any atom is 0.194 e. The van der Waals surface area contributed by atoms with Crippen molar-refractivity contribution in [2.24, 2.45) is 5.73 Å². The number of nitrogens with zero attached hydrogens (tertiary/aromatic N) is 2. The number of H-pyrrole nitrogens is 1. The van der Waals surface area contributed by atoms with Crippen LogP contribution in [-0.4, -0.2) is 15.2 Å². The van der Waals surface area contributed by atoms with E-state index in [4.69, 9.17) is 5.73 Å². The van der Waals surface area contributed by atoms with E-state index in [2.05, 4.69) is 15.2 Å². The van der Waals surface area contributed by atoms with E-state index in [9.17, 15) is 13.2 Å². The third kappa shape index (κ3) is 2.14. The lowest BCUT2D eigenvalue weighted by Gasteiger charge is -1.99. The van der Waals surface area contributed by atoms with Gasteiger partial charge < -0.3 is 5.73 Å². The Morgan fingerprint density at radius 1 is 1.24 bits per heavy atom. The molecule has 2 aromatic rings. The second-order valence-corrected chi connectivity index (χ2v) is 3.59. The van der Waals surface area contributed by atoms with Crippen LogP contribution in [0.3, 0.4) is 0 Å². The van der Waals surface area contributed by atoms with E-state index in [1.165, 1.54) is 0 Å². The zero-order valence-corrected chi connectivity index (χ0v) is 8.84. The molecule has 0 saturated carbocycles. The summed E-state index contributed by atoms with van der Waals surface area (Å²) in [6.07, 6.45) is 0. The normalized spacial score (nSPS) is 12.8. The molecular weight excluding hydrogens is 233 g/mol. The minimum absolute atomic E-state index is 0.0459. The van der Waals surface area contributed by atoms with Crippen molar-refractivity contribution in [1.82, 2.24) is 15.2 Å². The predicted molar refractivity (Wildman–Crippen MR) is 54.3 cm³/mol. The highest BCUT2D eigenvalue weighted by Crippen LogP contribution is 2.21. The number of rotatable bonds is 2. The summed E-state index contributed by atoms with van der Waals surface area (Å²) >= 11 is 0. The summed E-state index contributed by atoms with van der Waals surface area (Å²) in [5, 5.41) is 6.28. The molecule has 1 aromatic carbocycles. The molecule has 3 N–H and O–H groups in total. The van der Waals surface area contributed by atoms with Crippen LogP contribution >= 0.6 is 0 Å². The fraction of sp³-hybridized carbons (Fsp3) is 0.200. The number of hydrogen-bond acceptors (Lipinski definition) is 3. The van der Waals surface area contributed by atoms with E-state index < -0.39 is 17.5 Å². The molecule has 0 spiro atoms. The van der Waals surface area contributed by atoms with Gasteiger partial charge in [-0.2, -0.15) is 5.10 Å². The molecule has 0 aliphatic rings. The van der Waals surface area contributed by atoms with Crippen LogP contribution in [0.4, 0.5) is 13.2 Å². The van der Waals surface area contributed by atoms with Crippen LogP contribution in [0.2, 0.25) is 0 Å². The van der Waals surface area contributed by atoms with E-state index in [0.29, 0.717) is 5.82 Å². The van der Waals surface area contributed by atoms with Gasteiger partial charge in [0.2, 0.25) is 0 Å². The summed E-state index contributed by atoms with van der Waals surface area (Å²) in [5.41, 5.74) is 5.59. The number of aromatic amines is 1. The highest BCUT2D eigenvalue weighted by atomic mass is 19.2. The minimum Gasteiger partial charge on any atom is -0.322 e. The zero-order chi connectivity index (χ0) is 12.6. The molecule has 0 fully saturated rings. The van der Waals surface area contributed by atoms with Crippen molar-refractivity contribution >= 4 is 0 Å². The summed E-state index contributed by atoms with van der Waals surface area (Å²) in [6.45, 7) is 1.68. The van der Waals surface area contributed by atoms with Crippen molar-refractivity contribution in [2.45, 2.75) is 13.0 Å². The van der Waals surface area contributed by atoms with Gasteiger partial charge in [-0.1, -0.05) is 0 Å². The summed E-state index contributed by atoms with van der Waals surface area (Å²) in [5.74, 6) is -3.64. The van der Waals surface area contributed by atoms with E-state index >= 15 is 0 Å². The van der Waals surface area contributed by atoms with Gasteiger partial charge in [-0.05, 0) is 19.1 Å². The Hall–Kier alpha value is -1.89. The molecular formula is C10H9F3N4. The lowest BCUT2D eigenvalue weighted by molar-refractivity contribution is 0.447. The van der Waals surface area contributed by atoms with Gasteiger partial charge in [0.1, 0.15) is 5.82 Å². The van der Waals surface area contributed by atoms with Crippen molar-refractivity contribution < 1.29 is 13.2 Å². The molecule has 1 aromatic heterocycles. The maximum absolute atomic E-state index is 13.0. The van der Waals surface area contributed by atoms with E-state index in [0.717, 1.165) is 12.1 Å². The SMILES string of the molecule is CC(N)c1nc(-c2cc(F)c(F)c(F)c2)n[nH]1. The van der Waals surface area contributed by atoms with Gasteiger partial charge in [0.05, 0.1) is 6.04 Å². The Balaban J connectivity index is 2.46. The third-order valence-corrected chi connectivity index (χ3v) is 2.18. The molecule has 0 aliphatic heterocycles. The number of halogens is 3. The molecule has 1 heterocycles. The monoisotopic (exact) mass is 242 g/mol. The van der Waals surface area contributed by atoms with Crippen molar-refractivity contribution in [3.63, 3.8) is 0 Å². The quantitative estimate of drug-likeness (QED) is 0.790. The first-order valence-corrected chi connectivity index (χ1v) is 4.82. The molecule has 0 radical (unpaired) electrons. The Morgan fingerprint density at radius 3 is 2.29 bits per heavy atom. The average molecular weight is 242 g/mol. The van der Waals surface area contributed by atoms with Crippen LogP contribution in [-0.2, 0) is 0 Å². The summed E-state index contributed by atoms with van der Waals surface area (Å²) in [7, 11) is 0. The maximum atomic E-state index is 13.0. The minimum atomic E-state index is -1.52. The number of nitrogens with two attached hydrogens (primary N) is 1. The predicted octanol–water partition coefficient (Wildman–Crippen LogP) is 1.91. The van der Waals surface area contributed by atoms with Crippen LogP contribution in [0, 0.1) is 17.5 Å². The van der Waals surface area contributed by atoms with Gasteiger partial charge in [-0.25, -0.2) is 18.2 Å². The number of nitrogens with one attached hydrogen (secondary N) is 1. The van der Waals surface area contributed by atoms with Crippen molar-refractivity contribution in [3.8, 4) is 11.4 Å². The Labute approximate surface area is 94.7 Å². The topological polar surface area (TPSA) is 67.6 Å². The number of hydrogen-bond donors (Lipinski definition) is 2. The first-order chi connectivity index (χ1) is 7.99. The van der Waals surface area contributed by atoms with Gasteiger partial charge >= 0.3 is 0 Å². The Morgan fingerprint density at radius 2 is 1.82 bits per heavy atom. The van der Waals surface area contributed by atoms with Crippen LogP contribution in [0.25, 0.3) is 11.4 Å². The van der Waals surface area contributed by atoms with Gasteiger partial charge in [0.25, 0.3) is 0 Å². The first kappa shape index (κ1) is 11.6. The van der Waals surface area contributed by atoms with Crippen molar-refractivity contribution in [3.05, 3.63) is 35.4 Å². The highest BCUT2D eigenvalue weighted by Gasteiger charge is 2.15. The van der Waals surface area contributed by atoms with Gasteiger partial charge in [-0.15, -0.1) is 0 Å². The molecule has 7 heteroatoms. The number of benzene rings is 1. The van der Waals surface area contributed by atoms with Crippen molar-refractivity contribution in [2.75, 3.05) is 0 Å². The lowest BCUT2D eigenvalue weighted by atomic mass is 10.2. The molecule has 0 aliphatic carbocycles. The first-order valence-electron chi connectivity index (χ1n) is 4.82.